The van der Waals surface area contributed by atoms with Gasteiger partial charge in [-0.2, -0.15) is 0 Å². The van der Waals surface area contributed by atoms with Gasteiger partial charge in [-0.3, -0.25) is 0 Å². The molecule has 0 spiro atoms. The lowest BCUT2D eigenvalue weighted by molar-refractivity contribution is 1.07. The quantitative estimate of drug-likeness (QED) is 0.433. The first-order chi connectivity index (χ1) is 10.2. The highest BCUT2D eigenvalue weighted by Gasteiger charge is 2.10. The maximum absolute atomic E-state index is 6.26. The molecule has 0 amide bonds. The van der Waals surface area contributed by atoms with Gasteiger partial charge in [0.25, 0.3) is 0 Å². The second-order valence-corrected chi connectivity index (χ2v) is 7.42. The molecule has 0 saturated carbocycles. The Morgan fingerprint density at radius 3 is 2.81 bits per heavy atom. The van der Waals surface area contributed by atoms with Gasteiger partial charge < -0.3 is 0 Å². The molecule has 0 saturated heterocycles. The van der Waals surface area contributed by atoms with E-state index in [2.05, 4.69) is 23.0 Å². The van der Waals surface area contributed by atoms with E-state index in [1.807, 2.05) is 24.3 Å². The largest absolute Gasteiger partial charge is 0.221 e. The molecule has 0 atom stereocenters. The van der Waals surface area contributed by atoms with E-state index < -0.39 is 0 Å². The van der Waals surface area contributed by atoms with E-state index in [-0.39, 0.29) is 0 Å². The van der Waals surface area contributed by atoms with Crippen molar-refractivity contribution in [2.45, 2.75) is 24.0 Å². The average molecular weight is 355 g/mol. The van der Waals surface area contributed by atoms with Gasteiger partial charge in [0.2, 0.25) is 0 Å². The highest BCUT2D eigenvalue weighted by molar-refractivity contribution is 7.98. The van der Waals surface area contributed by atoms with E-state index in [1.54, 1.807) is 23.1 Å². The van der Waals surface area contributed by atoms with Crippen LogP contribution in [0.2, 0.25) is 10.2 Å². The Labute approximate surface area is 141 Å². The van der Waals surface area contributed by atoms with Crippen LogP contribution in [0, 0.1) is 0 Å². The number of aryl methyl sites for hydroxylation is 1. The monoisotopic (exact) mass is 354 g/mol. The fourth-order valence-corrected chi connectivity index (χ4v) is 4.27. The Morgan fingerprint density at radius 1 is 1.19 bits per heavy atom. The van der Waals surface area contributed by atoms with Crippen LogP contribution >= 0.6 is 46.3 Å². The van der Waals surface area contributed by atoms with Gasteiger partial charge in [-0.1, -0.05) is 36.2 Å². The molecular weight excluding hydrogens is 343 g/mol. The SMILES string of the molecule is CCc1cc2c(Cl)nc(CSc3cccc(Cl)c3)nc2s1. The molecule has 0 aliphatic carbocycles. The topological polar surface area (TPSA) is 25.8 Å². The smallest absolute Gasteiger partial charge is 0.142 e. The molecule has 0 unspecified atom stereocenters. The fraction of sp³-hybridized carbons (Fsp3) is 0.200. The van der Waals surface area contributed by atoms with Crippen LogP contribution in [0.15, 0.2) is 35.2 Å². The number of thioether (sulfide) groups is 1. The van der Waals surface area contributed by atoms with Crippen LogP contribution in [0.5, 0.6) is 0 Å². The third-order valence-electron chi connectivity index (χ3n) is 2.96. The lowest BCUT2D eigenvalue weighted by Crippen LogP contribution is -1.92. The van der Waals surface area contributed by atoms with Crippen molar-refractivity contribution in [3.63, 3.8) is 0 Å². The van der Waals surface area contributed by atoms with Crippen molar-refractivity contribution in [3.8, 4) is 0 Å². The number of hydrogen-bond donors (Lipinski definition) is 0. The summed E-state index contributed by atoms with van der Waals surface area (Å²) in [4.78, 5) is 12.3. The third kappa shape index (κ3) is 3.51. The highest BCUT2D eigenvalue weighted by atomic mass is 35.5. The summed E-state index contributed by atoms with van der Waals surface area (Å²) in [7, 11) is 0. The molecule has 3 rings (SSSR count). The Kier molecular flexibility index (Phi) is 4.69. The second kappa shape index (κ2) is 6.53. The lowest BCUT2D eigenvalue weighted by Gasteiger charge is -2.02. The van der Waals surface area contributed by atoms with Crippen LogP contribution in [-0.4, -0.2) is 9.97 Å². The van der Waals surface area contributed by atoms with Crippen molar-refractivity contribution < 1.29 is 0 Å². The maximum Gasteiger partial charge on any atom is 0.142 e. The average Bonchev–Trinajstić information content (AvgIpc) is 2.89. The molecular formula is C15H12Cl2N2S2. The molecule has 2 nitrogen and oxygen atoms in total. The second-order valence-electron chi connectivity index (χ2n) is 4.46. The van der Waals surface area contributed by atoms with Crippen molar-refractivity contribution in [2.24, 2.45) is 0 Å². The van der Waals surface area contributed by atoms with Crippen LogP contribution in [0.4, 0.5) is 0 Å². The first kappa shape index (κ1) is 15.1. The van der Waals surface area contributed by atoms with Crippen molar-refractivity contribution in [1.82, 2.24) is 9.97 Å². The maximum atomic E-state index is 6.26. The standard InChI is InChI=1S/C15H12Cl2N2S2/c1-2-10-7-12-14(17)18-13(19-15(12)21-10)8-20-11-5-3-4-9(16)6-11/h3-7H,2,8H2,1H3. The first-order valence-electron chi connectivity index (χ1n) is 6.49. The molecule has 0 bridgehead atoms. The lowest BCUT2D eigenvalue weighted by atomic mass is 10.3. The Morgan fingerprint density at radius 2 is 2.05 bits per heavy atom. The predicted octanol–water partition coefficient (Wildman–Crippen LogP) is 5.85. The van der Waals surface area contributed by atoms with Gasteiger partial charge in [-0.05, 0) is 30.7 Å². The minimum Gasteiger partial charge on any atom is -0.221 e. The predicted molar refractivity (Wildman–Crippen MR) is 92.8 cm³/mol. The van der Waals surface area contributed by atoms with Gasteiger partial charge in [-0.25, -0.2) is 9.97 Å². The molecule has 6 heteroatoms. The number of hydrogen-bond acceptors (Lipinski definition) is 4. The van der Waals surface area contributed by atoms with E-state index in [0.29, 0.717) is 10.9 Å². The zero-order chi connectivity index (χ0) is 14.8. The molecule has 108 valence electrons. The van der Waals surface area contributed by atoms with E-state index >= 15 is 0 Å². The Hall–Kier alpha value is -0.810. The summed E-state index contributed by atoms with van der Waals surface area (Å²) in [5, 5.41) is 2.23. The summed E-state index contributed by atoms with van der Waals surface area (Å²) < 4.78 is 0. The molecule has 0 N–H and O–H groups in total. The molecule has 1 aromatic carbocycles. The fourth-order valence-electron chi connectivity index (χ4n) is 1.92. The van der Waals surface area contributed by atoms with Crippen LogP contribution in [0.1, 0.15) is 17.6 Å². The first-order valence-corrected chi connectivity index (χ1v) is 9.04. The molecule has 21 heavy (non-hydrogen) atoms. The van der Waals surface area contributed by atoms with E-state index in [4.69, 9.17) is 23.2 Å². The van der Waals surface area contributed by atoms with Crippen LogP contribution in [-0.2, 0) is 12.2 Å². The van der Waals surface area contributed by atoms with Crippen molar-refractivity contribution >= 4 is 56.5 Å². The van der Waals surface area contributed by atoms with Crippen LogP contribution in [0.25, 0.3) is 10.2 Å². The van der Waals surface area contributed by atoms with Crippen molar-refractivity contribution in [2.75, 3.05) is 0 Å². The Bertz CT molecular complexity index is 786. The molecule has 2 heterocycles. The minimum atomic E-state index is 0.539. The van der Waals surface area contributed by atoms with Gasteiger partial charge in [0.05, 0.1) is 5.75 Å². The summed E-state index contributed by atoms with van der Waals surface area (Å²) >= 11 is 15.6. The van der Waals surface area contributed by atoms with E-state index in [1.165, 1.54) is 4.88 Å². The van der Waals surface area contributed by atoms with Crippen LogP contribution < -0.4 is 0 Å². The molecule has 2 aromatic heterocycles. The number of benzene rings is 1. The van der Waals surface area contributed by atoms with Crippen molar-refractivity contribution in [3.05, 3.63) is 51.2 Å². The highest BCUT2D eigenvalue weighted by Crippen LogP contribution is 2.31. The third-order valence-corrected chi connectivity index (χ3v) is 5.64. The molecule has 0 aliphatic rings. The summed E-state index contributed by atoms with van der Waals surface area (Å²) in [6.07, 6.45) is 0.990. The Balaban J connectivity index is 1.84. The van der Waals surface area contributed by atoms with Crippen molar-refractivity contribution in [1.29, 1.82) is 0 Å². The number of fused-ring (bicyclic) bond motifs is 1. The zero-order valence-electron chi connectivity index (χ0n) is 11.3. The number of rotatable bonds is 4. The summed E-state index contributed by atoms with van der Waals surface area (Å²) in [6, 6.07) is 9.84. The van der Waals surface area contributed by atoms with Gasteiger partial charge in [0.15, 0.2) is 0 Å². The minimum absolute atomic E-state index is 0.539. The van der Waals surface area contributed by atoms with E-state index in [9.17, 15) is 0 Å². The van der Waals surface area contributed by atoms with Gasteiger partial charge in [0.1, 0.15) is 15.8 Å². The van der Waals surface area contributed by atoms with Crippen LogP contribution in [0.3, 0.4) is 0 Å². The van der Waals surface area contributed by atoms with Gasteiger partial charge in [-0.15, -0.1) is 23.1 Å². The summed E-state index contributed by atoms with van der Waals surface area (Å²) in [5.41, 5.74) is 0. The van der Waals surface area contributed by atoms with Gasteiger partial charge >= 0.3 is 0 Å². The van der Waals surface area contributed by atoms with E-state index in [0.717, 1.165) is 32.4 Å². The molecule has 0 fully saturated rings. The normalized spacial score (nSPS) is 11.2. The molecule has 3 aromatic rings. The molecule has 0 aliphatic heterocycles. The molecule has 0 radical (unpaired) electrons. The van der Waals surface area contributed by atoms with Gasteiger partial charge in [0, 0.05) is 20.2 Å². The summed E-state index contributed by atoms with van der Waals surface area (Å²) in [5.74, 6) is 1.43. The number of halogens is 2. The summed E-state index contributed by atoms with van der Waals surface area (Å²) in [6.45, 7) is 2.13. The number of thiophene rings is 1. The number of nitrogens with zero attached hydrogens (tertiary/aromatic N) is 2. The zero-order valence-corrected chi connectivity index (χ0v) is 14.4. The number of aromatic nitrogens is 2.